The standard InChI is InChI=1S/C29H28FN5O4S/c1-34(2)20-11-13-35(17-20)29(38)25-15-22-28(40-25)24(10-12-31-22)39-23-9-8-19(14-21(23)30)33-27(37)16-26(36)32-18-6-4-3-5-7-18/h3-10,12,14-15,20H,11,13,16-17H2,1-2H3,(H,32,36)(H,33,37). The minimum absolute atomic E-state index is 0.0537. The van der Waals surface area contributed by atoms with Gasteiger partial charge in [-0.25, -0.2) is 4.39 Å². The number of thiophene rings is 1. The second-order valence-corrected chi connectivity index (χ2v) is 10.7. The van der Waals surface area contributed by atoms with Gasteiger partial charge in [-0.3, -0.25) is 19.4 Å². The Morgan fingerprint density at radius 2 is 1.77 bits per heavy atom. The Bertz CT molecular complexity index is 1560. The number of halogens is 1. The Hall–Kier alpha value is -4.35. The first-order valence-electron chi connectivity index (χ1n) is 12.7. The van der Waals surface area contributed by atoms with Crippen LogP contribution in [0.25, 0.3) is 10.2 Å². The van der Waals surface area contributed by atoms with Gasteiger partial charge in [-0.1, -0.05) is 18.2 Å². The number of anilines is 2. The number of hydrogen-bond donors (Lipinski definition) is 2. The molecule has 5 rings (SSSR count). The van der Waals surface area contributed by atoms with Crippen LogP contribution in [0.5, 0.6) is 11.5 Å². The van der Waals surface area contributed by atoms with Crippen LogP contribution in [-0.4, -0.2) is 65.7 Å². The number of amides is 3. The van der Waals surface area contributed by atoms with E-state index in [2.05, 4.69) is 20.5 Å². The van der Waals surface area contributed by atoms with Gasteiger partial charge in [0.1, 0.15) is 12.2 Å². The van der Waals surface area contributed by atoms with E-state index in [1.165, 1.54) is 23.5 Å². The summed E-state index contributed by atoms with van der Waals surface area (Å²) in [5.41, 5.74) is 1.36. The Labute approximate surface area is 234 Å². The van der Waals surface area contributed by atoms with E-state index in [1.54, 1.807) is 42.6 Å². The van der Waals surface area contributed by atoms with Gasteiger partial charge < -0.3 is 25.2 Å². The van der Waals surface area contributed by atoms with E-state index in [1.807, 2.05) is 25.1 Å². The average Bonchev–Trinajstić information content (AvgIpc) is 3.59. The van der Waals surface area contributed by atoms with Crippen LogP contribution in [0.2, 0.25) is 0 Å². The summed E-state index contributed by atoms with van der Waals surface area (Å²) in [5, 5.41) is 5.15. The maximum absolute atomic E-state index is 14.9. The van der Waals surface area contributed by atoms with Crippen LogP contribution in [-0.2, 0) is 9.59 Å². The third kappa shape index (κ3) is 6.27. The highest BCUT2D eigenvalue weighted by Gasteiger charge is 2.29. The van der Waals surface area contributed by atoms with E-state index >= 15 is 0 Å². The molecule has 4 aromatic rings. The molecule has 1 atom stereocenters. The van der Waals surface area contributed by atoms with Crippen molar-refractivity contribution in [2.45, 2.75) is 18.9 Å². The summed E-state index contributed by atoms with van der Waals surface area (Å²) in [6.07, 6.45) is 2.05. The molecule has 11 heteroatoms. The zero-order valence-electron chi connectivity index (χ0n) is 22.0. The number of carbonyl (C=O) groups is 3. The van der Waals surface area contributed by atoms with Crippen molar-refractivity contribution < 1.29 is 23.5 Å². The first-order chi connectivity index (χ1) is 19.3. The van der Waals surface area contributed by atoms with Gasteiger partial charge in [-0.15, -0.1) is 11.3 Å². The number of fused-ring (bicyclic) bond motifs is 1. The molecule has 1 saturated heterocycles. The third-order valence-electron chi connectivity index (χ3n) is 6.58. The lowest BCUT2D eigenvalue weighted by Gasteiger charge is -2.19. The van der Waals surface area contributed by atoms with Crippen LogP contribution in [0.3, 0.4) is 0 Å². The fraction of sp³-hybridized carbons (Fsp3) is 0.241. The topological polar surface area (TPSA) is 104 Å². The van der Waals surface area contributed by atoms with Gasteiger partial charge in [-0.2, -0.15) is 0 Å². The van der Waals surface area contributed by atoms with E-state index < -0.39 is 24.1 Å². The normalized spacial score (nSPS) is 14.9. The number of ether oxygens (including phenoxy) is 1. The highest BCUT2D eigenvalue weighted by atomic mass is 32.1. The number of nitrogens with one attached hydrogen (secondary N) is 2. The van der Waals surface area contributed by atoms with Crippen molar-refractivity contribution in [1.29, 1.82) is 0 Å². The van der Waals surface area contributed by atoms with Crippen molar-refractivity contribution >= 4 is 50.6 Å². The van der Waals surface area contributed by atoms with Gasteiger partial charge in [0.2, 0.25) is 11.8 Å². The van der Waals surface area contributed by atoms with Crippen molar-refractivity contribution in [3.63, 3.8) is 0 Å². The van der Waals surface area contributed by atoms with Gasteiger partial charge in [0.15, 0.2) is 11.6 Å². The largest absolute Gasteiger partial charge is 0.453 e. The Balaban J connectivity index is 1.24. The second kappa shape index (κ2) is 11.8. The third-order valence-corrected chi connectivity index (χ3v) is 7.71. The number of nitrogens with zero attached hydrogens (tertiary/aromatic N) is 3. The number of pyridine rings is 1. The molecule has 0 spiro atoms. The number of aromatic nitrogens is 1. The van der Waals surface area contributed by atoms with Crippen molar-refractivity contribution in [3.05, 3.63) is 77.6 Å². The minimum atomic E-state index is -0.698. The molecule has 206 valence electrons. The van der Waals surface area contributed by atoms with E-state index in [0.29, 0.717) is 45.7 Å². The van der Waals surface area contributed by atoms with Crippen LogP contribution < -0.4 is 15.4 Å². The van der Waals surface area contributed by atoms with Gasteiger partial charge in [-0.05, 0) is 50.8 Å². The first kappa shape index (κ1) is 27.2. The lowest BCUT2D eigenvalue weighted by molar-refractivity contribution is -0.123. The molecule has 0 aliphatic carbocycles. The monoisotopic (exact) mass is 561 g/mol. The predicted molar refractivity (Wildman–Crippen MR) is 152 cm³/mol. The molecule has 3 amide bonds. The van der Waals surface area contributed by atoms with Crippen LogP contribution in [0.15, 0.2) is 66.9 Å². The maximum Gasteiger partial charge on any atom is 0.264 e. The number of benzene rings is 2. The summed E-state index contributed by atoms with van der Waals surface area (Å²) in [6, 6.07) is 16.5. The number of likely N-dealkylation sites (tertiary alicyclic amines) is 1. The highest BCUT2D eigenvalue weighted by molar-refractivity contribution is 7.21. The minimum Gasteiger partial charge on any atom is -0.453 e. The smallest absolute Gasteiger partial charge is 0.264 e. The number of likely N-dealkylation sites (N-methyl/N-ethyl adjacent to an activating group) is 1. The Kier molecular flexibility index (Phi) is 8.04. The quantitative estimate of drug-likeness (QED) is 0.295. The lowest BCUT2D eigenvalue weighted by atomic mass is 10.2. The maximum atomic E-state index is 14.9. The number of rotatable bonds is 8. The molecule has 0 saturated carbocycles. The average molecular weight is 562 g/mol. The number of hydrogen-bond acceptors (Lipinski definition) is 7. The summed E-state index contributed by atoms with van der Waals surface area (Å²) in [5.74, 6) is -1.50. The van der Waals surface area contributed by atoms with Crippen molar-refractivity contribution in [2.75, 3.05) is 37.8 Å². The molecule has 40 heavy (non-hydrogen) atoms. The van der Waals surface area contributed by atoms with Crippen LogP contribution in [0.1, 0.15) is 22.5 Å². The summed E-state index contributed by atoms with van der Waals surface area (Å²) in [7, 11) is 4.02. The molecule has 3 heterocycles. The van der Waals surface area contributed by atoms with E-state index in [9.17, 15) is 18.8 Å². The van der Waals surface area contributed by atoms with Gasteiger partial charge in [0.05, 0.1) is 15.1 Å². The van der Waals surface area contributed by atoms with Gasteiger partial charge >= 0.3 is 0 Å². The van der Waals surface area contributed by atoms with E-state index in [-0.39, 0.29) is 17.3 Å². The highest BCUT2D eigenvalue weighted by Crippen LogP contribution is 2.37. The lowest BCUT2D eigenvalue weighted by Crippen LogP contribution is -2.34. The van der Waals surface area contributed by atoms with Crippen LogP contribution >= 0.6 is 11.3 Å². The number of carbonyl (C=O) groups excluding carboxylic acids is 3. The van der Waals surface area contributed by atoms with Crippen molar-refractivity contribution in [1.82, 2.24) is 14.8 Å². The molecule has 9 nitrogen and oxygen atoms in total. The van der Waals surface area contributed by atoms with Crippen molar-refractivity contribution in [3.8, 4) is 11.5 Å². The summed E-state index contributed by atoms with van der Waals surface area (Å²) in [4.78, 5) is 46.4. The first-order valence-corrected chi connectivity index (χ1v) is 13.5. The molecule has 1 fully saturated rings. The Morgan fingerprint density at radius 1 is 1.02 bits per heavy atom. The van der Waals surface area contributed by atoms with Gasteiger partial charge in [0, 0.05) is 48.8 Å². The predicted octanol–water partition coefficient (Wildman–Crippen LogP) is 4.97. The van der Waals surface area contributed by atoms with Gasteiger partial charge in [0.25, 0.3) is 5.91 Å². The van der Waals surface area contributed by atoms with E-state index in [0.717, 1.165) is 12.5 Å². The zero-order chi connectivity index (χ0) is 28.2. The molecule has 2 N–H and O–H groups in total. The molecule has 2 aromatic carbocycles. The summed E-state index contributed by atoms with van der Waals surface area (Å²) in [6.45, 7) is 1.36. The molecule has 1 aliphatic rings. The zero-order valence-corrected chi connectivity index (χ0v) is 22.8. The molecule has 0 radical (unpaired) electrons. The molecule has 0 bridgehead atoms. The van der Waals surface area contributed by atoms with Crippen LogP contribution in [0.4, 0.5) is 15.8 Å². The summed E-state index contributed by atoms with van der Waals surface area (Å²) >= 11 is 1.26. The molecule has 2 aromatic heterocycles. The second-order valence-electron chi connectivity index (χ2n) is 9.68. The Morgan fingerprint density at radius 3 is 2.48 bits per heavy atom. The summed E-state index contributed by atoms with van der Waals surface area (Å²) < 4.78 is 21.4. The SMILES string of the molecule is CN(C)C1CCN(C(=O)c2cc3nccc(Oc4ccc(NC(=O)CC(=O)Nc5ccccc5)cc4F)c3s2)C1. The fourth-order valence-corrected chi connectivity index (χ4v) is 5.50. The van der Waals surface area contributed by atoms with E-state index in [4.69, 9.17) is 4.74 Å². The molecular formula is C29H28FN5O4S. The molecule has 1 aliphatic heterocycles. The fourth-order valence-electron chi connectivity index (χ4n) is 4.46. The molecule has 1 unspecified atom stereocenters. The van der Waals surface area contributed by atoms with Crippen molar-refractivity contribution in [2.24, 2.45) is 0 Å². The van der Waals surface area contributed by atoms with Crippen LogP contribution in [0, 0.1) is 5.82 Å². The molecular weight excluding hydrogens is 533 g/mol. The number of para-hydroxylation sites is 1.